The fourth-order valence-electron chi connectivity index (χ4n) is 0.895. The smallest absolute Gasteiger partial charge is 0.235 e. The Labute approximate surface area is 59.6 Å². The van der Waals surface area contributed by atoms with Crippen LogP contribution in [0.3, 0.4) is 0 Å². The van der Waals surface area contributed by atoms with Gasteiger partial charge in [-0.2, -0.15) is 5.10 Å². The molecule has 0 unspecified atom stereocenters. The van der Waals surface area contributed by atoms with Gasteiger partial charge in [0.05, 0.1) is 12.8 Å². The van der Waals surface area contributed by atoms with Crippen LogP contribution in [0.2, 0.25) is 0 Å². The molecule has 0 amide bonds. The van der Waals surface area contributed by atoms with Gasteiger partial charge in [0.1, 0.15) is 5.69 Å². The monoisotopic (exact) mass is 141 g/mol. The Bertz CT molecular complexity index is 241. The van der Waals surface area contributed by atoms with E-state index in [-0.39, 0.29) is 0 Å². The summed E-state index contributed by atoms with van der Waals surface area (Å²) in [7, 11) is 3.37. The normalized spacial score (nSPS) is 9.90. The minimum atomic E-state index is 0.616. The lowest BCUT2D eigenvalue weighted by molar-refractivity contribution is 0.375. The summed E-state index contributed by atoms with van der Waals surface area (Å²) in [6, 6.07) is 0. The van der Waals surface area contributed by atoms with Gasteiger partial charge in [-0.3, -0.25) is 0 Å². The number of hydrogen-bond acceptors (Lipinski definition) is 3. The van der Waals surface area contributed by atoms with Gasteiger partial charge in [-0.25, -0.2) is 4.68 Å². The van der Waals surface area contributed by atoms with Crippen LogP contribution in [-0.2, 0) is 7.05 Å². The Balaban J connectivity index is 3.20. The maximum atomic E-state index is 5.61. The van der Waals surface area contributed by atoms with E-state index in [1.807, 2.05) is 6.92 Å². The van der Waals surface area contributed by atoms with Crippen molar-refractivity contribution in [3.05, 3.63) is 5.69 Å². The number of nitrogen functional groups attached to an aromatic ring is 1. The van der Waals surface area contributed by atoms with Crippen LogP contribution < -0.4 is 10.5 Å². The summed E-state index contributed by atoms with van der Waals surface area (Å²) < 4.78 is 6.59. The van der Waals surface area contributed by atoms with Gasteiger partial charge in [0.25, 0.3) is 0 Å². The maximum Gasteiger partial charge on any atom is 0.235 e. The minimum absolute atomic E-state index is 0.616. The molecule has 4 nitrogen and oxygen atoms in total. The lowest BCUT2D eigenvalue weighted by atomic mass is 10.4. The molecule has 1 aromatic heterocycles. The van der Waals surface area contributed by atoms with Crippen LogP contribution in [0.15, 0.2) is 0 Å². The molecule has 0 fully saturated rings. The first-order valence-electron chi connectivity index (χ1n) is 3.00. The molecule has 0 aliphatic heterocycles. The number of anilines is 1. The minimum Gasteiger partial charge on any atom is -0.480 e. The summed E-state index contributed by atoms with van der Waals surface area (Å²) in [5.74, 6) is 0.623. The second kappa shape index (κ2) is 2.21. The Hall–Kier alpha value is -1.19. The zero-order valence-corrected chi connectivity index (χ0v) is 6.38. The van der Waals surface area contributed by atoms with E-state index in [1.165, 1.54) is 0 Å². The highest BCUT2D eigenvalue weighted by Crippen LogP contribution is 2.22. The van der Waals surface area contributed by atoms with Crippen LogP contribution in [-0.4, -0.2) is 16.9 Å². The molecule has 56 valence electrons. The zero-order valence-electron chi connectivity index (χ0n) is 6.38. The SMILES string of the molecule is COc1c(N)c(C)nn1C. The van der Waals surface area contributed by atoms with Crippen LogP contribution in [0.25, 0.3) is 0 Å². The highest BCUT2D eigenvalue weighted by atomic mass is 16.5. The van der Waals surface area contributed by atoms with Crippen LogP contribution >= 0.6 is 0 Å². The van der Waals surface area contributed by atoms with Crippen molar-refractivity contribution in [3.8, 4) is 5.88 Å². The van der Waals surface area contributed by atoms with Crippen molar-refractivity contribution >= 4 is 5.69 Å². The van der Waals surface area contributed by atoms with Gasteiger partial charge in [-0.05, 0) is 6.92 Å². The van der Waals surface area contributed by atoms with Gasteiger partial charge in [-0.15, -0.1) is 0 Å². The quantitative estimate of drug-likeness (QED) is 0.612. The molecule has 0 bridgehead atoms. The van der Waals surface area contributed by atoms with E-state index in [9.17, 15) is 0 Å². The number of nitrogens with two attached hydrogens (primary N) is 1. The number of methoxy groups -OCH3 is 1. The van der Waals surface area contributed by atoms with Crippen molar-refractivity contribution < 1.29 is 4.74 Å². The second-order valence-electron chi connectivity index (χ2n) is 2.13. The van der Waals surface area contributed by atoms with Crippen LogP contribution in [0.4, 0.5) is 5.69 Å². The van der Waals surface area contributed by atoms with E-state index in [1.54, 1.807) is 18.8 Å². The standard InChI is InChI=1S/C6H11N3O/c1-4-5(7)6(10-3)9(2)8-4/h7H2,1-3H3. The van der Waals surface area contributed by atoms with E-state index >= 15 is 0 Å². The molecule has 1 aromatic rings. The third-order valence-corrected chi connectivity index (χ3v) is 1.41. The Morgan fingerprint density at radius 2 is 2.20 bits per heavy atom. The van der Waals surface area contributed by atoms with Crippen LogP contribution in [0, 0.1) is 6.92 Å². The van der Waals surface area contributed by atoms with E-state index < -0.39 is 0 Å². The first kappa shape index (κ1) is 6.92. The molecule has 0 saturated heterocycles. The van der Waals surface area contributed by atoms with E-state index in [2.05, 4.69) is 5.10 Å². The third kappa shape index (κ3) is 0.814. The lowest BCUT2D eigenvalue weighted by Crippen LogP contribution is -1.96. The molecular weight excluding hydrogens is 130 g/mol. The second-order valence-corrected chi connectivity index (χ2v) is 2.13. The van der Waals surface area contributed by atoms with Crippen molar-refractivity contribution in [1.82, 2.24) is 9.78 Å². The molecule has 0 aliphatic rings. The maximum absolute atomic E-state index is 5.61. The van der Waals surface area contributed by atoms with E-state index in [4.69, 9.17) is 10.5 Å². The average Bonchev–Trinajstić information content (AvgIpc) is 2.09. The molecule has 0 aliphatic carbocycles. The van der Waals surface area contributed by atoms with Gasteiger partial charge in [-0.1, -0.05) is 0 Å². The van der Waals surface area contributed by atoms with Gasteiger partial charge in [0, 0.05) is 7.05 Å². The third-order valence-electron chi connectivity index (χ3n) is 1.41. The number of hydrogen-bond donors (Lipinski definition) is 1. The number of aromatic nitrogens is 2. The molecule has 1 rings (SSSR count). The molecular formula is C6H11N3O. The highest BCUT2D eigenvalue weighted by Gasteiger charge is 2.08. The summed E-state index contributed by atoms with van der Waals surface area (Å²) in [6.45, 7) is 1.85. The average molecular weight is 141 g/mol. The molecule has 2 N–H and O–H groups in total. The molecule has 0 spiro atoms. The summed E-state index contributed by atoms with van der Waals surface area (Å²) in [5.41, 5.74) is 7.03. The first-order chi connectivity index (χ1) is 4.66. The molecule has 0 radical (unpaired) electrons. The van der Waals surface area contributed by atoms with Gasteiger partial charge < -0.3 is 10.5 Å². The summed E-state index contributed by atoms with van der Waals surface area (Å²) in [5, 5.41) is 4.05. The van der Waals surface area contributed by atoms with E-state index in [0.717, 1.165) is 5.69 Å². The Morgan fingerprint density at radius 1 is 1.60 bits per heavy atom. The van der Waals surface area contributed by atoms with Gasteiger partial charge in [0.2, 0.25) is 5.88 Å². The fraction of sp³-hybridized carbons (Fsp3) is 0.500. The number of rotatable bonds is 1. The van der Waals surface area contributed by atoms with Gasteiger partial charge >= 0.3 is 0 Å². The zero-order chi connectivity index (χ0) is 7.72. The predicted molar refractivity (Wildman–Crippen MR) is 38.9 cm³/mol. The lowest BCUT2D eigenvalue weighted by Gasteiger charge is -1.98. The molecule has 0 aromatic carbocycles. The van der Waals surface area contributed by atoms with Crippen LogP contribution in [0.5, 0.6) is 5.88 Å². The topological polar surface area (TPSA) is 53.1 Å². The Kier molecular flexibility index (Phi) is 1.53. The molecule has 4 heteroatoms. The summed E-state index contributed by atoms with van der Waals surface area (Å²) in [6.07, 6.45) is 0. The fourth-order valence-corrected chi connectivity index (χ4v) is 0.895. The first-order valence-corrected chi connectivity index (χ1v) is 3.00. The van der Waals surface area contributed by atoms with Crippen molar-refractivity contribution in [1.29, 1.82) is 0 Å². The number of aryl methyl sites for hydroxylation is 2. The van der Waals surface area contributed by atoms with Crippen molar-refractivity contribution in [3.63, 3.8) is 0 Å². The predicted octanol–water partition coefficient (Wildman–Crippen LogP) is 0.319. The molecule has 0 atom stereocenters. The molecule has 0 saturated carbocycles. The number of nitrogens with zero attached hydrogens (tertiary/aromatic N) is 2. The number of ether oxygens (including phenoxy) is 1. The van der Waals surface area contributed by atoms with Crippen molar-refractivity contribution in [2.45, 2.75) is 6.92 Å². The Morgan fingerprint density at radius 3 is 2.40 bits per heavy atom. The summed E-state index contributed by atoms with van der Waals surface area (Å²) in [4.78, 5) is 0. The van der Waals surface area contributed by atoms with Crippen LogP contribution in [0.1, 0.15) is 5.69 Å². The van der Waals surface area contributed by atoms with Crippen molar-refractivity contribution in [2.75, 3.05) is 12.8 Å². The van der Waals surface area contributed by atoms with Crippen molar-refractivity contribution in [2.24, 2.45) is 7.05 Å². The molecule has 10 heavy (non-hydrogen) atoms. The van der Waals surface area contributed by atoms with Gasteiger partial charge in [0.15, 0.2) is 0 Å². The summed E-state index contributed by atoms with van der Waals surface area (Å²) >= 11 is 0. The molecule has 1 heterocycles. The highest BCUT2D eigenvalue weighted by molar-refractivity contribution is 5.52. The largest absolute Gasteiger partial charge is 0.480 e. The van der Waals surface area contributed by atoms with E-state index in [0.29, 0.717) is 11.6 Å².